The molecule has 0 nitrogen and oxygen atoms in total. The number of rotatable bonds is 9. The third-order valence-electron chi connectivity index (χ3n) is 8.15. The summed E-state index contributed by atoms with van der Waals surface area (Å²) in [5.74, 6) is 1.23. The maximum Gasteiger partial charge on any atom is 0.419 e. The van der Waals surface area contributed by atoms with Gasteiger partial charge in [-0.05, 0) is 73.3 Å². The van der Waals surface area contributed by atoms with Crippen LogP contribution >= 0.6 is 0 Å². The first kappa shape index (κ1) is 26.3. The molecule has 0 spiro atoms. The molecule has 3 rings (SSSR count). The molecule has 2 fully saturated rings. The minimum absolute atomic E-state index is 0.0275. The maximum absolute atomic E-state index is 15.1. The summed E-state index contributed by atoms with van der Waals surface area (Å²) in [4.78, 5) is 0. The molecular formula is C29H42F4. The quantitative estimate of drug-likeness (QED) is 0.251. The van der Waals surface area contributed by atoms with Gasteiger partial charge in [-0.2, -0.15) is 13.2 Å². The Labute approximate surface area is 198 Å². The lowest BCUT2D eigenvalue weighted by Gasteiger charge is -2.27. The minimum atomic E-state index is -4.68. The number of halogens is 4. The molecule has 0 atom stereocenters. The number of aryl methyl sites for hydroxylation is 1. The number of unbranched alkanes of at least 4 members (excludes halogenated alkanes) is 2. The smallest absolute Gasteiger partial charge is 0.206 e. The topological polar surface area (TPSA) is 0 Å². The maximum atomic E-state index is 15.1. The number of hydrogen-bond donors (Lipinski definition) is 0. The molecule has 33 heavy (non-hydrogen) atoms. The Kier molecular flexibility index (Phi) is 9.88. The minimum Gasteiger partial charge on any atom is -0.206 e. The molecule has 0 bridgehead atoms. The zero-order chi connectivity index (χ0) is 23.8. The average Bonchev–Trinajstić information content (AvgIpc) is 2.78. The van der Waals surface area contributed by atoms with Crippen molar-refractivity contribution in [2.24, 2.45) is 23.7 Å². The summed E-state index contributed by atoms with van der Waals surface area (Å²) < 4.78 is 56.5. The van der Waals surface area contributed by atoms with Gasteiger partial charge >= 0.3 is 6.18 Å². The van der Waals surface area contributed by atoms with Gasteiger partial charge in [0, 0.05) is 0 Å². The lowest BCUT2D eigenvalue weighted by Crippen LogP contribution is -2.15. The number of allylic oxidation sites excluding steroid dienone is 1. The first-order chi connectivity index (χ1) is 15.8. The Balaban J connectivity index is 1.63. The van der Waals surface area contributed by atoms with Gasteiger partial charge in [0.15, 0.2) is 0 Å². The monoisotopic (exact) mass is 466 g/mol. The average molecular weight is 467 g/mol. The van der Waals surface area contributed by atoms with Gasteiger partial charge < -0.3 is 0 Å². The summed E-state index contributed by atoms with van der Waals surface area (Å²) in [7, 11) is 0. The van der Waals surface area contributed by atoms with Crippen LogP contribution < -0.4 is 0 Å². The Morgan fingerprint density at radius 2 is 1.52 bits per heavy atom. The second-order valence-electron chi connectivity index (χ2n) is 10.8. The summed E-state index contributed by atoms with van der Waals surface area (Å²) in [6.45, 7) is 4.46. The van der Waals surface area contributed by atoms with Crippen LogP contribution in [-0.4, -0.2) is 0 Å². The van der Waals surface area contributed by atoms with Crippen molar-refractivity contribution < 1.29 is 17.6 Å². The van der Waals surface area contributed by atoms with Crippen LogP contribution in [0, 0.1) is 29.5 Å². The van der Waals surface area contributed by atoms with Crippen molar-refractivity contribution in [2.75, 3.05) is 0 Å². The number of alkyl halides is 3. The lowest BCUT2D eigenvalue weighted by molar-refractivity contribution is -0.140. The third-order valence-corrected chi connectivity index (χ3v) is 8.15. The molecule has 0 unspecified atom stereocenters. The molecule has 0 saturated heterocycles. The van der Waals surface area contributed by atoms with Crippen LogP contribution in [0.1, 0.15) is 114 Å². The standard InChI is InChI=1S/C29H42F4/c1-3-4-5-6-22-11-13-24(14-12-22)15-17-25-19-20-26(28(30)27(25)29(31,32)33)18-16-23-9-7-21(2)8-10-23/h15,17,19-24H,3-14,16,18H2,1-2H3. The molecule has 2 aliphatic carbocycles. The van der Waals surface area contributed by atoms with E-state index in [9.17, 15) is 13.2 Å². The molecule has 0 heterocycles. The van der Waals surface area contributed by atoms with Crippen molar-refractivity contribution in [3.8, 4) is 0 Å². The zero-order valence-corrected chi connectivity index (χ0v) is 20.5. The van der Waals surface area contributed by atoms with Crippen LogP contribution in [0.25, 0.3) is 6.08 Å². The Hall–Kier alpha value is -1.32. The van der Waals surface area contributed by atoms with E-state index in [-0.39, 0.29) is 11.1 Å². The van der Waals surface area contributed by atoms with Crippen molar-refractivity contribution in [3.63, 3.8) is 0 Å². The fourth-order valence-corrected chi connectivity index (χ4v) is 5.82. The summed E-state index contributed by atoms with van der Waals surface area (Å²) in [5, 5.41) is 0. The molecule has 4 heteroatoms. The van der Waals surface area contributed by atoms with E-state index in [0.717, 1.165) is 56.8 Å². The Morgan fingerprint density at radius 3 is 2.15 bits per heavy atom. The van der Waals surface area contributed by atoms with Crippen molar-refractivity contribution in [3.05, 3.63) is 40.7 Å². The zero-order valence-electron chi connectivity index (χ0n) is 20.5. The molecule has 0 radical (unpaired) electrons. The van der Waals surface area contributed by atoms with Gasteiger partial charge in [-0.15, -0.1) is 0 Å². The van der Waals surface area contributed by atoms with Gasteiger partial charge in [-0.25, -0.2) is 4.39 Å². The normalized spacial score (nSPS) is 26.7. The van der Waals surface area contributed by atoms with Crippen LogP contribution in [-0.2, 0) is 12.6 Å². The second-order valence-corrected chi connectivity index (χ2v) is 10.8. The molecule has 0 aromatic heterocycles. The van der Waals surface area contributed by atoms with E-state index in [0.29, 0.717) is 18.3 Å². The van der Waals surface area contributed by atoms with E-state index in [1.165, 1.54) is 50.7 Å². The van der Waals surface area contributed by atoms with E-state index in [1.54, 1.807) is 6.07 Å². The molecule has 1 aromatic rings. The van der Waals surface area contributed by atoms with Gasteiger partial charge in [0.05, 0.1) is 5.56 Å². The van der Waals surface area contributed by atoms with E-state index in [1.807, 2.05) is 6.08 Å². The third kappa shape index (κ3) is 7.86. The van der Waals surface area contributed by atoms with Crippen LogP contribution in [0.4, 0.5) is 17.6 Å². The predicted molar refractivity (Wildman–Crippen MR) is 129 cm³/mol. The van der Waals surface area contributed by atoms with E-state index >= 15 is 4.39 Å². The molecule has 2 saturated carbocycles. The van der Waals surface area contributed by atoms with E-state index in [2.05, 4.69) is 13.8 Å². The van der Waals surface area contributed by atoms with Crippen molar-refractivity contribution in [2.45, 2.75) is 110 Å². The summed E-state index contributed by atoms with van der Waals surface area (Å²) >= 11 is 0. The van der Waals surface area contributed by atoms with Crippen LogP contribution in [0.15, 0.2) is 18.2 Å². The van der Waals surface area contributed by atoms with Gasteiger partial charge in [0.2, 0.25) is 0 Å². The van der Waals surface area contributed by atoms with Crippen LogP contribution in [0.3, 0.4) is 0 Å². The number of hydrogen-bond acceptors (Lipinski definition) is 0. The van der Waals surface area contributed by atoms with Crippen LogP contribution in [0.2, 0.25) is 0 Å². The number of benzene rings is 1. The van der Waals surface area contributed by atoms with Crippen molar-refractivity contribution >= 4 is 6.08 Å². The highest BCUT2D eigenvalue weighted by atomic mass is 19.4. The molecule has 2 aliphatic rings. The van der Waals surface area contributed by atoms with E-state index < -0.39 is 17.6 Å². The van der Waals surface area contributed by atoms with Gasteiger partial charge in [0.25, 0.3) is 0 Å². The van der Waals surface area contributed by atoms with Crippen LogP contribution in [0.5, 0.6) is 0 Å². The molecule has 0 aliphatic heterocycles. The first-order valence-electron chi connectivity index (χ1n) is 13.3. The SMILES string of the molecule is CCCCCC1CCC(C=Cc2ccc(CCC3CCC(C)CC3)c(F)c2C(F)(F)F)CC1. The molecule has 0 amide bonds. The fraction of sp³-hybridized carbons (Fsp3) is 0.724. The second kappa shape index (κ2) is 12.4. The Morgan fingerprint density at radius 1 is 0.879 bits per heavy atom. The molecular weight excluding hydrogens is 424 g/mol. The molecule has 186 valence electrons. The fourth-order valence-electron chi connectivity index (χ4n) is 5.82. The summed E-state index contributed by atoms with van der Waals surface area (Å²) in [6, 6.07) is 3.07. The Bertz CT molecular complexity index is 748. The highest BCUT2D eigenvalue weighted by molar-refractivity contribution is 5.56. The highest BCUT2D eigenvalue weighted by Crippen LogP contribution is 2.38. The van der Waals surface area contributed by atoms with Gasteiger partial charge in [-0.3, -0.25) is 0 Å². The summed E-state index contributed by atoms with van der Waals surface area (Å²) in [6.07, 6.45) is 13.9. The van der Waals surface area contributed by atoms with Gasteiger partial charge in [0.1, 0.15) is 5.82 Å². The van der Waals surface area contributed by atoms with Crippen molar-refractivity contribution in [1.29, 1.82) is 0 Å². The van der Waals surface area contributed by atoms with Gasteiger partial charge in [-0.1, -0.05) is 89.5 Å². The van der Waals surface area contributed by atoms with E-state index in [4.69, 9.17) is 0 Å². The summed E-state index contributed by atoms with van der Waals surface area (Å²) in [5.41, 5.74) is -0.896. The predicted octanol–water partition coefficient (Wildman–Crippen LogP) is 10.0. The first-order valence-corrected chi connectivity index (χ1v) is 13.3. The van der Waals surface area contributed by atoms with Crippen molar-refractivity contribution in [1.82, 2.24) is 0 Å². The highest BCUT2D eigenvalue weighted by Gasteiger charge is 2.37. The largest absolute Gasteiger partial charge is 0.419 e. The molecule has 1 aromatic carbocycles. The lowest BCUT2D eigenvalue weighted by atomic mass is 9.79. The molecule has 0 N–H and O–H groups in total.